The zero-order valence-electron chi connectivity index (χ0n) is 18.3. The van der Waals surface area contributed by atoms with Crippen LogP contribution in [0.4, 0.5) is 0 Å². The Labute approximate surface area is 198 Å². The molecule has 0 radical (unpaired) electrons. The Bertz CT molecular complexity index is 631. The third kappa shape index (κ3) is 10.6. The summed E-state index contributed by atoms with van der Waals surface area (Å²) in [7, 11) is -1.23. The zero-order valence-corrected chi connectivity index (χ0v) is 21.5. The van der Waals surface area contributed by atoms with Gasteiger partial charge in [-0.1, -0.05) is 12.8 Å². The second-order valence-corrected chi connectivity index (χ2v) is 10.0. The van der Waals surface area contributed by atoms with Crippen molar-refractivity contribution in [2.24, 2.45) is 4.99 Å². The molecule has 0 aromatic heterocycles. The van der Waals surface area contributed by atoms with Crippen molar-refractivity contribution in [3.05, 3.63) is 0 Å². The van der Waals surface area contributed by atoms with Crippen LogP contribution in [0.1, 0.15) is 25.7 Å². The quantitative estimate of drug-likeness (QED) is 0.197. The van der Waals surface area contributed by atoms with Crippen molar-refractivity contribution in [2.75, 3.05) is 84.6 Å². The van der Waals surface area contributed by atoms with Gasteiger partial charge in [0.05, 0.1) is 25.5 Å². The molecule has 1 amide bonds. The minimum atomic E-state index is -2.98. The summed E-state index contributed by atoms with van der Waals surface area (Å²) in [5.74, 6) is 1.11. The van der Waals surface area contributed by atoms with Crippen molar-refractivity contribution in [2.45, 2.75) is 25.7 Å². The number of halogens is 1. The smallest absolute Gasteiger partial charge is 0.236 e. The fraction of sp³-hybridized carbons (Fsp3) is 0.895. The largest absolute Gasteiger partial charge is 0.379 e. The molecule has 2 aliphatic rings. The SMILES string of the molecule is CN=C(NCCOCCS(C)(=O)=O)N1CCN(CC(=O)N2CCCCCC2)CC1.I. The average molecular weight is 560 g/mol. The van der Waals surface area contributed by atoms with Crippen LogP contribution in [0.3, 0.4) is 0 Å². The lowest BCUT2D eigenvalue weighted by Crippen LogP contribution is -2.54. The van der Waals surface area contributed by atoms with Crippen molar-refractivity contribution in [1.29, 1.82) is 0 Å². The number of rotatable bonds is 8. The molecule has 0 atom stereocenters. The van der Waals surface area contributed by atoms with Crippen molar-refractivity contribution in [1.82, 2.24) is 20.0 Å². The van der Waals surface area contributed by atoms with E-state index in [0.29, 0.717) is 19.7 Å². The summed E-state index contributed by atoms with van der Waals surface area (Å²) >= 11 is 0. The lowest BCUT2D eigenvalue weighted by Gasteiger charge is -2.37. The molecule has 0 saturated carbocycles. The van der Waals surface area contributed by atoms with Crippen LogP contribution in [0.15, 0.2) is 4.99 Å². The Balaban J connectivity index is 0.00000450. The van der Waals surface area contributed by atoms with E-state index >= 15 is 0 Å². The summed E-state index contributed by atoms with van der Waals surface area (Å²) in [6.07, 6.45) is 5.92. The number of nitrogens with zero attached hydrogens (tertiary/aromatic N) is 4. The van der Waals surface area contributed by atoms with Gasteiger partial charge in [0, 0.05) is 59.1 Å². The number of sulfone groups is 1. The molecule has 9 nitrogen and oxygen atoms in total. The van der Waals surface area contributed by atoms with Gasteiger partial charge in [0.25, 0.3) is 0 Å². The van der Waals surface area contributed by atoms with Gasteiger partial charge in [0.15, 0.2) is 5.96 Å². The Morgan fingerprint density at radius 1 is 0.967 bits per heavy atom. The van der Waals surface area contributed by atoms with Crippen molar-refractivity contribution < 1.29 is 17.9 Å². The number of ether oxygens (including phenoxy) is 1. The molecule has 0 unspecified atom stereocenters. The molecule has 1 N–H and O–H groups in total. The second kappa shape index (κ2) is 14.4. The first-order chi connectivity index (χ1) is 13.9. The predicted molar refractivity (Wildman–Crippen MR) is 130 cm³/mol. The maximum absolute atomic E-state index is 12.6. The molecule has 2 heterocycles. The van der Waals surface area contributed by atoms with Crippen LogP contribution in [-0.4, -0.2) is 120 Å². The summed E-state index contributed by atoms with van der Waals surface area (Å²) in [5, 5.41) is 3.26. The number of hydrogen-bond acceptors (Lipinski definition) is 6. The van der Waals surface area contributed by atoms with Gasteiger partial charge < -0.3 is 19.9 Å². The molecule has 2 rings (SSSR count). The fourth-order valence-electron chi connectivity index (χ4n) is 3.61. The average Bonchev–Trinajstić information content (AvgIpc) is 2.97. The van der Waals surface area contributed by atoms with Crippen LogP contribution >= 0.6 is 24.0 Å². The number of hydrogen-bond donors (Lipinski definition) is 1. The second-order valence-electron chi connectivity index (χ2n) is 7.77. The van der Waals surface area contributed by atoms with E-state index in [1.807, 2.05) is 4.90 Å². The molecule has 176 valence electrons. The summed E-state index contributed by atoms with van der Waals surface area (Å²) in [6, 6.07) is 0. The van der Waals surface area contributed by atoms with Crippen LogP contribution in [-0.2, 0) is 19.4 Å². The van der Waals surface area contributed by atoms with E-state index in [-0.39, 0.29) is 42.2 Å². The van der Waals surface area contributed by atoms with Crippen molar-refractivity contribution in [3.63, 3.8) is 0 Å². The van der Waals surface area contributed by atoms with Gasteiger partial charge in [-0.25, -0.2) is 8.42 Å². The number of piperazine rings is 1. The number of carbonyl (C=O) groups excluding carboxylic acids is 1. The standard InChI is InChI=1S/C19H37N5O4S.HI/c1-20-19(21-7-14-28-15-16-29(2,26)27)24-12-10-22(11-13-24)17-18(25)23-8-5-3-4-6-9-23;/h3-17H2,1-2H3,(H,20,21);1H. The van der Waals surface area contributed by atoms with Crippen LogP contribution in [0.5, 0.6) is 0 Å². The van der Waals surface area contributed by atoms with E-state index in [4.69, 9.17) is 4.74 Å². The van der Waals surface area contributed by atoms with Gasteiger partial charge in [0.1, 0.15) is 9.84 Å². The molecular weight excluding hydrogens is 521 g/mol. The normalized spacial score (nSPS) is 19.2. The third-order valence-electron chi connectivity index (χ3n) is 5.33. The molecule has 11 heteroatoms. The first-order valence-corrected chi connectivity index (χ1v) is 12.7. The molecule has 30 heavy (non-hydrogen) atoms. The minimum absolute atomic E-state index is 0. The zero-order chi connectivity index (χ0) is 21.1. The Kier molecular flexibility index (Phi) is 13.1. The Morgan fingerprint density at radius 2 is 1.60 bits per heavy atom. The molecule has 0 aromatic rings. The van der Waals surface area contributed by atoms with E-state index in [9.17, 15) is 13.2 Å². The highest BCUT2D eigenvalue weighted by molar-refractivity contribution is 14.0. The van der Waals surface area contributed by atoms with E-state index in [2.05, 4.69) is 20.1 Å². The summed E-state index contributed by atoms with van der Waals surface area (Å²) in [4.78, 5) is 23.3. The lowest BCUT2D eigenvalue weighted by atomic mass is 10.2. The molecule has 0 aromatic carbocycles. The summed E-state index contributed by atoms with van der Waals surface area (Å²) in [5.41, 5.74) is 0. The summed E-state index contributed by atoms with van der Waals surface area (Å²) < 4.78 is 27.5. The minimum Gasteiger partial charge on any atom is -0.379 e. The Hall–Kier alpha value is -0.660. The maximum atomic E-state index is 12.6. The number of aliphatic imine (C=N–C) groups is 1. The topological polar surface area (TPSA) is 94.5 Å². The Morgan fingerprint density at radius 3 is 2.17 bits per heavy atom. The van der Waals surface area contributed by atoms with E-state index in [0.717, 1.165) is 58.1 Å². The van der Waals surface area contributed by atoms with Crippen LogP contribution in [0.2, 0.25) is 0 Å². The molecular formula is C19H38IN5O4S. The fourth-order valence-corrected chi connectivity index (χ4v) is 4.03. The highest BCUT2D eigenvalue weighted by Gasteiger charge is 2.23. The first kappa shape index (κ1) is 27.4. The van der Waals surface area contributed by atoms with Crippen LogP contribution < -0.4 is 5.32 Å². The molecule has 2 fully saturated rings. The summed E-state index contributed by atoms with van der Waals surface area (Å²) in [6.45, 7) is 6.85. The number of likely N-dealkylation sites (tertiary alicyclic amines) is 1. The maximum Gasteiger partial charge on any atom is 0.236 e. The van der Waals surface area contributed by atoms with Crippen molar-refractivity contribution in [3.8, 4) is 0 Å². The highest BCUT2D eigenvalue weighted by atomic mass is 127. The molecule has 0 spiro atoms. The van der Waals surface area contributed by atoms with E-state index in [1.165, 1.54) is 19.1 Å². The highest BCUT2D eigenvalue weighted by Crippen LogP contribution is 2.11. The first-order valence-electron chi connectivity index (χ1n) is 10.6. The predicted octanol–water partition coefficient (Wildman–Crippen LogP) is 0.261. The molecule has 0 bridgehead atoms. The van der Waals surface area contributed by atoms with Gasteiger partial charge in [-0.3, -0.25) is 14.7 Å². The van der Waals surface area contributed by atoms with Crippen LogP contribution in [0, 0.1) is 0 Å². The van der Waals surface area contributed by atoms with Gasteiger partial charge in [-0.05, 0) is 12.8 Å². The number of nitrogens with one attached hydrogen (secondary N) is 1. The van der Waals surface area contributed by atoms with Crippen LogP contribution in [0.25, 0.3) is 0 Å². The van der Waals surface area contributed by atoms with Gasteiger partial charge >= 0.3 is 0 Å². The molecule has 2 saturated heterocycles. The lowest BCUT2D eigenvalue weighted by molar-refractivity contribution is -0.132. The van der Waals surface area contributed by atoms with Crippen molar-refractivity contribution >= 4 is 45.7 Å². The number of carbonyl (C=O) groups is 1. The third-order valence-corrected chi connectivity index (χ3v) is 6.24. The number of amides is 1. The molecule has 2 aliphatic heterocycles. The number of guanidine groups is 1. The van der Waals surface area contributed by atoms with Gasteiger partial charge in [-0.2, -0.15) is 0 Å². The molecule has 0 aliphatic carbocycles. The van der Waals surface area contributed by atoms with Gasteiger partial charge in [0.2, 0.25) is 5.91 Å². The van der Waals surface area contributed by atoms with E-state index < -0.39 is 9.84 Å². The van der Waals surface area contributed by atoms with Gasteiger partial charge in [-0.15, -0.1) is 24.0 Å². The van der Waals surface area contributed by atoms with E-state index in [1.54, 1.807) is 7.05 Å². The monoisotopic (exact) mass is 559 g/mol.